The smallest absolute Gasteiger partial charge is 0.387 e. The van der Waals surface area contributed by atoms with Gasteiger partial charge in [-0.2, -0.15) is 8.78 Å². The standard InChI is InChI=1S/C27H28F2N4O4/c28-27(29)37-23-4-2-1-3-19(23)20-11-32-25(15-5-6-15)21(20)14-36-18-9-16-7-8-17(10-18)33(16)24-13-30-22(12-31-24)26(34)35/h1-4,11-13,15-18,27,32H,5-10,14H2,(H,34,35). The van der Waals surface area contributed by atoms with Crippen LogP contribution in [0.5, 0.6) is 5.75 Å². The van der Waals surface area contributed by atoms with E-state index in [4.69, 9.17) is 14.6 Å². The SMILES string of the molecule is O=C(O)c1cnc(N2C3CCC2CC(OCc2c(-c4ccccc4OC(F)F)c[nH]c2C2CC2)C3)cn1. The summed E-state index contributed by atoms with van der Waals surface area (Å²) in [6, 6.07) is 7.38. The monoisotopic (exact) mass is 510 g/mol. The molecule has 3 aliphatic rings. The van der Waals surface area contributed by atoms with Gasteiger partial charge in [-0.15, -0.1) is 0 Å². The first-order chi connectivity index (χ1) is 18.0. The largest absolute Gasteiger partial charge is 0.476 e. The number of hydrogen-bond acceptors (Lipinski definition) is 6. The normalized spacial score (nSPS) is 23.0. The zero-order valence-corrected chi connectivity index (χ0v) is 20.1. The van der Waals surface area contributed by atoms with Gasteiger partial charge in [0.1, 0.15) is 11.6 Å². The van der Waals surface area contributed by atoms with Crippen molar-refractivity contribution < 1.29 is 28.2 Å². The van der Waals surface area contributed by atoms with Gasteiger partial charge in [0.2, 0.25) is 0 Å². The maximum atomic E-state index is 13.0. The van der Waals surface area contributed by atoms with Gasteiger partial charge in [0.05, 0.1) is 25.1 Å². The molecule has 3 aromatic rings. The third kappa shape index (κ3) is 4.77. The zero-order chi connectivity index (χ0) is 25.5. The number of carbonyl (C=O) groups is 1. The highest BCUT2D eigenvalue weighted by molar-refractivity contribution is 5.85. The van der Waals surface area contributed by atoms with Gasteiger partial charge in [0, 0.05) is 40.7 Å². The Morgan fingerprint density at radius 2 is 1.84 bits per heavy atom. The summed E-state index contributed by atoms with van der Waals surface area (Å²) in [5.41, 5.74) is 3.53. The number of H-pyrrole nitrogens is 1. The molecule has 8 nitrogen and oxygen atoms in total. The number of ether oxygens (including phenoxy) is 2. The number of piperidine rings is 1. The van der Waals surface area contributed by atoms with E-state index in [1.165, 1.54) is 6.20 Å². The number of alkyl halides is 2. The highest BCUT2D eigenvalue weighted by Crippen LogP contribution is 2.46. The predicted octanol–water partition coefficient (Wildman–Crippen LogP) is 5.37. The Hall–Kier alpha value is -3.53. The van der Waals surface area contributed by atoms with E-state index >= 15 is 0 Å². The average molecular weight is 511 g/mol. The van der Waals surface area contributed by atoms with E-state index in [-0.39, 0.29) is 29.6 Å². The van der Waals surface area contributed by atoms with Crippen LogP contribution in [0.15, 0.2) is 42.9 Å². The number of rotatable bonds is 9. The van der Waals surface area contributed by atoms with Crippen molar-refractivity contribution >= 4 is 11.8 Å². The number of nitrogens with zero attached hydrogens (tertiary/aromatic N) is 3. The number of aromatic nitrogens is 3. The molecule has 2 aliphatic heterocycles. The van der Waals surface area contributed by atoms with Crippen LogP contribution in [0.2, 0.25) is 0 Å². The summed E-state index contributed by atoms with van der Waals surface area (Å²) in [4.78, 5) is 25.2. The third-order valence-electron chi connectivity index (χ3n) is 7.68. The van der Waals surface area contributed by atoms with Gasteiger partial charge in [0.15, 0.2) is 5.69 Å². The quantitative estimate of drug-likeness (QED) is 0.399. The van der Waals surface area contributed by atoms with Gasteiger partial charge in [-0.25, -0.2) is 14.8 Å². The molecule has 0 radical (unpaired) electrons. The second-order valence-electron chi connectivity index (χ2n) is 10.0. The van der Waals surface area contributed by atoms with E-state index in [0.717, 1.165) is 55.3 Å². The Bertz CT molecular complexity index is 1260. The summed E-state index contributed by atoms with van der Waals surface area (Å²) in [5.74, 6) is 0.213. The number of anilines is 1. The van der Waals surface area contributed by atoms with E-state index in [0.29, 0.717) is 23.9 Å². The summed E-state index contributed by atoms with van der Waals surface area (Å²) in [6.45, 7) is -2.50. The van der Waals surface area contributed by atoms with Gasteiger partial charge in [-0.05, 0) is 50.5 Å². The van der Waals surface area contributed by atoms with E-state index in [9.17, 15) is 13.6 Å². The molecule has 6 rings (SSSR count). The van der Waals surface area contributed by atoms with Crippen molar-refractivity contribution in [2.24, 2.45) is 0 Å². The highest BCUT2D eigenvalue weighted by Gasteiger charge is 2.42. The van der Waals surface area contributed by atoms with E-state index < -0.39 is 12.6 Å². The van der Waals surface area contributed by atoms with Gasteiger partial charge in [-0.3, -0.25) is 0 Å². The molecule has 2 atom stereocenters. The highest BCUT2D eigenvalue weighted by atomic mass is 19.3. The number of aromatic carboxylic acids is 1. The second-order valence-corrected chi connectivity index (χ2v) is 10.0. The molecule has 2 saturated heterocycles. The van der Waals surface area contributed by atoms with Gasteiger partial charge >= 0.3 is 12.6 Å². The van der Waals surface area contributed by atoms with E-state index in [2.05, 4.69) is 19.9 Å². The maximum Gasteiger partial charge on any atom is 0.387 e. The number of benzene rings is 1. The van der Waals surface area contributed by atoms with Gasteiger partial charge in [0.25, 0.3) is 0 Å². The number of hydrogen-bond donors (Lipinski definition) is 2. The van der Waals surface area contributed by atoms with E-state index in [1.54, 1.807) is 24.4 Å². The van der Waals surface area contributed by atoms with E-state index in [1.807, 2.05) is 12.3 Å². The molecule has 2 bridgehead atoms. The van der Waals surface area contributed by atoms with Crippen molar-refractivity contribution in [1.29, 1.82) is 0 Å². The summed E-state index contributed by atoms with van der Waals surface area (Å²) < 4.78 is 37.4. The molecule has 2 N–H and O–H groups in total. The maximum absolute atomic E-state index is 13.0. The summed E-state index contributed by atoms with van der Waals surface area (Å²) in [5, 5.41) is 9.10. The fourth-order valence-electron chi connectivity index (χ4n) is 5.89. The number of fused-ring (bicyclic) bond motifs is 2. The molecule has 2 aromatic heterocycles. The molecule has 0 spiro atoms. The third-order valence-corrected chi connectivity index (χ3v) is 7.68. The first-order valence-corrected chi connectivity index (χ1v) is 12.7. The topological polar surface area (TPSA) is 101 Å². The number of aromatic amines is 1. The lowest BCUT2D eigenvalue weighted by Crippen LogP contribution is -2.46. The van der Waals surface area contributed by atoms with Crippen LogP contribution in [0.3, 0.4) is 0 Å². The first kappa shape index (κ1) is 23.8. The Balaban J connectivity index is 1.19. The molecule has 10 heteroatoms. The molecule has 2 unspecified atom stereocenters. The summed E-state index contributed by atoms with van der Waals surface area (Å²) in [7, 11) is 0. The van der Waals surface area contributed by atoms with Crippen molar-refractivity contribution in [2.45, 2.75) is 75.8 Å². The van der Waals surface area contributed by atoms with Crippen LogP contribution in [-0.2, 0) is 11.3 Å². The fourth-order valence-corrected chi connectivity index (χ4v) is 5.89. The lowest BCUT2D eigenvalue weighted by atomic mass is 9.98. The van der Waals surface area contributed by atoms with Crippen LogP contribution >= 0.6 is 0 Å². The number of halogens is 2. The molecule has 0 amide bonds. The Morgan fingerprint density at radius 1 is 1.08 bits per heavy atom. The number of para-hydroxylation sites is 1. The molecule has 4 heterocycles. The average Bonchev–Trinajstić information content (AvgIpc) is 3.59. The van der Waals surface area contributed by atoms with Crippen LogP contribution in [0.25, 0.3) is 11.1 Å². The van der Waals surface area contributed by atoms with Crippen molar-refractivity contribution in [3.8, 4) is 16.9 Å². The summed E-state index contributed by atoms with van der Waals surface area (Å²) >= 11 is 0. The second kappa shape index (κ2) is 9.74. The molecule has 37 heavy (non-hydrogen) atoms. The van der Waals surface area contributed by atoms with Crippen molar-refractivity contribution in [3.63, 3.8) is 0 Å². The lowest BCUT2D eigenvalue weighted by Gasteiger charge is -2.39. The fraction of sp³-hybridized carbons (Fsp3) is 0.444. The number of carboxylic acid groups (broad SMARTS) is 1. The van der Waals surface area contributed by atoms with Crippen molar-refractivity contribution in [3.05, 3.63) is 59.8 Å². The van der Waals surface area contributed by atoms with Crippen LogP contribution < -0.4 is 9.64 Å². The van der Waals surface area contributed by atoms with Crippen LogP contribution in [0, 0.1) is 0 Å². The molecular weight excluding hydrogens is 482 g/mol. The summed E-state index contributed by atoms with van der Waals surface area (Å²) in [6.07, 6.45) is 10.7. The van der Waals surface area contributed by atoms with Crippen molar-refractivity contribution in [2.75, 3.05) is 4.90 Å². The Labute approximate surface area is 212 Å². The lowest BCUT2D eigenvalue weighted by molar-refractivity contribution is -0.0494. The van der Waals surface area contributed by atoms with Gasteiger partial charge in [-0.1, -0.05) is 18.2 Å². The van der Waals surface area contributed by atoms with Crippen molar-refractivity contribution in [1.82, 2.24) is 15.0 Å². The molecule has 194 valence electrons. The Morgan fingerprint density at radius 3 is 2.49 bits per heavy atom. The Kier molecular flexibility index (Phi) is 6.27. The molecular formula is C27H28F2N4O4. The minimum absolute atomic E-state index is 0.0577. The number of carboxylic acids is 1. The van der Waals surface area contributed by atoms with Gasteiger partial charge < -0.3 is 24.5 Å². The molecule has 1 aromatic carbocycles. The predicted molar refractivity (Wildman–Crippen MR) is 131 cm³/mol. The molecule has 1 aliphatic carbocycles. The molecule has 1 saturated carbocycles. The zero-order valence-electron chi connectivity index (χ0n) is 20.1. The number of nitrogens with one attached hydrogen (secondary N) is 1. The van der Waals surface area contributed by atoms with Crippen LogP contribution in [-0.4, -0.2) is 50.8 Å². The van der Waals surface area contributed by atoms with Crippen LogP contribution in [0.4, 0.5) is 14.6 Å². The molecule has 3 fully saturated rings. The minimum Gasteiger partial charge on any atom is -0.476 e. The minimum atomic E-state index is -2.90. The first-order valence-electron chi connectivity index (χ1n) is 12.7. The van der Waals surface area contributed by atoms with Crippen LogP contribution in [0.1, 0.15) is 66.2 Å².